The van der Waals surface area contributed by atoms with Crippen molar-refractivity contribution < 1.29 is 14.3 Å². The van der Waals surface area contributed by atoms with Crippen molar-refractivity contribution in [3.8, 4) is 5.75 Å². The Bertz CT molecular complexity index is 537. The number of carbonyl (C=O) groups excluding carboxylic acids is 1. The second kappa shape index (κ2) is 7.01. The highest BCUT2D eigenvalue weighted by molar-refractivity contribution is 6.55. The lowest BCUT2D eigenvalue weighted by Crippen LogP contribution is -2.33. The van der Waals surface area contributed by atoms with Crippen molar-refractivity contribution in [1.29, 1.82) is 0 Å². The minimum Gasteiger partial charge on any atom is -0.476 e. The number of carbonyl (C=O) groups is 1. The van der Waals surface area contributed by atoms with E-state index in [-0.39, 0.29) is 30.9 Å². The molecule has 0 heterocycles. The summed E-state index contributed by atoms with van der Waals surface area (Å²) in [6, 6.07) is 0. The first-order chi connectivity index (χ1) is 9.45. The molecule has 0 fully saturated rings. The number of hydrogen-bond donors (Lipinski definition) is 0. The quantitative estimate of drug-likeness (QED) is 0.355. The maximum absolute atomic E-state index is 11.9. The van der Waals surface area contributed by atoms with Gasteiger partial charge in [-0.1, -0.05) is 58.0 Å². The van der Waals surface area contributed by atoms with Crippen LogP contribution in [0.2, 0.25) is 25.1 Å². The molecular formula is C13H13Cl5O3. The van der Waals surface area contributed by atoms with Crippen LogP contribution in [0.5, 0.6) is 5.75 Å². The standard InChI is InChI=1S/C13H13Cl5O3/c1-5(12(19)21-13(2,3)4)20-11-9(17)7(15)6(14)8(16)10(11)18/h5H,1-4H3. The van der Waals surface area contributed by atoms with Gasteiger partial charge in [-0.15, -0.1) is 0 Å². The van der Waals surface area contributed by atoms with Gasteiger partial charge >= 0.3 is 5.97 Å². The molecule has 0 aromatic heterocycles. The third kappa shape index (κ3) is 4.70. The van der Waals surface area contributed by atoms with E-state index in [1.165, 1.54) is 6.92 Å². The van der Waals surface area contributed by atoms with E-state index in [9.17, 15) is 4.79 Å². The SMILES string of the molecule is CC(Oc1c(Cl)c(Cl)c(Cl)c(Cl)c1Cl)C(=O)OC(C)(C)C. The highest BCUT2D eigenvalue weighted by Crippen LogP contribution is 2.48. The van der Waals surface area contributed by atoms with Gasteiger partial charge in [-0.3, -0.25) is 0 Å². The second-order valence-electron chi connectivity index (χ2n) is 5.19. The van der Waals surface area contributed by atoms with Gasteiger partial charge in [-0.25, -0.2) is 4.79 Å². The summed E-state index contributed by atoms with van der Waals surface area (Å²) in [5.41, 5.74) is -0.641. The van der Waals surface area contributed by atoms with Crippen molar-refractivity contribution in [2.24, 2.45) is 0 Å². The second-order valence-corrected chi connectivity index (χ2v) is 7.08. The summed E-state index contributed by atoms with van der Waals surface area (Å²) in [4.78, 5) is 11.9. The average molecular weight is 395 g/mol. The van der Waals surface area contributed by atoms with E-state index in [2.05, 4.69) is 0 Å². The molecule has 0 saturated heterocycles. The van der Waals surface area contributed by atoms with Gasteiger partial charge in [0.15, 0.2) is 11.9 Å². The monoisotopic (exact) mass is 392 g/mol. The van der Waals surface area contributed by atoms with Crippen LogP contribution in [0.1, 0.15) is 27.7 Å². The number of esters is 1. The molecule has 0 saturated carbocycles. The van der Waals surface area contributed by atoms with Crippen LogP contribution >= 0.6 is 58.0 Å². The van der Waals surface area contributed by atoms with E-state index in [1.54, 1.807) is 20.8 Å². The Morgan fingerprint density at radius 1 is 0.905 bits per heavy atom. The fraction of sp³-hybridized carbons (Fsp3) is 0.462. The average Bonchev–Trinajstić information content (AvgIpc) is 2.37. The third-order valence-corrected chi connectivity index (χ3v) is 4.44. The molecule has 1 aromatic carbocycles. The Balaban J connectivity index is 3.06. The van der Waals surface area contributed by atoms with E-state index in [4.69, 9.17) is 67.5 Å². The van der Waals surface area contributed by atoms with Crippen LogP contribution in [0.25, 0.3) is 0 Å². The van der Waals surface area contributed by atoms with Gasteiger partial charge in [-0.05, 0) is 27.7 Å². The Morgan fingerprint density at radius 3 is 1.67 bits per heavy atom. The third-order valence-electron chi connectivity index (χ3n) is 2.20. The zero-order chi connectivity index (χ0) is 16.5. The lowest BCUT2D eigenvalue weighted by Gasteiger charge is -2.23. The molecule has 0 radical (unpaired) electrons. The maximum Gasteiger partial charge on any atom is 0.347 e. The zero-order valence-electron chi connectivity index (χ0n) is 11.7. The van der Waals surface area contributed by atoms with Crippen molar-refractivity contribution in [1.82, 2.24) is 0 Å². The summed E-state index contributed by atoms with van der Waals surface area (Å²) in [6.07, 6.45) is -0.951. The van der Waals surface area contributed by atoms with Crippen LogP contribution < -0.4 is 4.74 Å². The molecule has 21 heavy (non-hydrogen) atoms. The van der Waals surface area contributed by atoms with E-state index < -0.39 is 17.7 Å². The minimum atomic E-state index is -0.951. The van der Waals surface area contributed by atoms with Gasteiger partial charge in [0, 0.05) is 0 Å². The van der Waals surface area contributed by atoms with Crippen LogP contribution in [0.4, 0.5) is 0 Å². The van der Waals surface area contributed by atoms with Gasteiger partial charge < -0.3 is 9.47 Å². The van der Waals surface area contributed by atoms with Crippen LogP contribution in [0.15, 0.2) is 0 Å². The Kier molecular flexibility index (Phi) is 6.34. The van der Waals surface area contributed by atoms with E-state index >= 15 is 0 Å². The summed E-state index contributed by atoms with van der Waals surface area (Å²) < 4.78 is 10.6. The van der Waals surface area contributed by atoms with Gasteiger partial charge in [-0.2, -0.15) is 0 Å². The molecule has 0 aliphatic heterocycles. The molecule has 1 atom stereocenters. The first kappa shape index (κ1) is 19.0. The van der Waals surface area contributed by atoms with Gasteiger partial charge in [0.2, 0.25) is 0 Å². The lowest BCUT2D eigenvalue weighted by atomic mass is 10.2. The number of hydrogen-bond acceptors (Lipinski definition) is 3. The van der Waals surface area contributed by atoms with Crippen molar-refractivity contribution in [2.45, 2.75) is 39.4 Å². The molecule has 118 valence electrons. The smallest absolute Gasteiger partial charge is 0.347 e. The van der Waals surface area contributed by atoms with Gasteiger partial charge in [0.25, 0.3) is 0 Å². The minimum absolute atomic E-state index is 0.000813. The summed E-state index contributed by atoms with van der Waals surface area (Å²) in [5.74, 6) is -0.590. The summed E-state index contributed by atoms with van der Waals surface area (Å²) >= 11 is 29.8. The largest absolute Gasteiger partial charge is 0.476 e. The maximum atomic E-state index is 11.9. The molecule has 0 bridgehead atoms. The molecule has 0 N–H and O–H groups in total. The van der Waals surface area contributed by atoms with Crippen LogP contribution in [0.3, 0.4) is 0 Å². The number of ether oxygens (including phenoxy) is 2. The first-order valence-corrected chi connectivity index (χ1v) is 7.75. The summed E-state index contributed by atoms with van der Waals surface area (Å²) in [7, 11) is 0. The highest BCUT2D eigenvalue weighted by atomic mass is 35.5. The molecule has 1 rings (SSSR count). The zero-order valence-corrected chi connectivity index (χ0v) is 15.5. The molecule has 0 aliphatic carbocycles. The predicted molar refractivity (Wildman–Crippen MR) is 87.4 cm³/mol. The summed E-state index contributed by atoms with van der Waals surface area (Å²) in [6.45, 7) is 6.73. The Labute approximate surface area is 148 Å². The predicted octanol–water partition coefficient (Wildman–Crippen LogP) is 6.06. The molecule has 8 heteroatoms. The summed E-state index contributed by atoms with van der Waals surface area (Å²) in [5, 5.41) is -0.0261. The molecule has 3 nitrogen and oxygen atoms in total. The normalized spacial score (nSPS) is 13.0. The van der Waals surface area contributed by atoms with Gasteiger partial charge in [0.05, 0.1) is 15.1 Å². The van der Waals surface area contributed by atoms with E-state index in [0.717, 1.165) is 0 Å². The number of halogens is 5. The van der Waals surface area contributed by atoms with Crippen molar-refractivity contribution in [2.75, 3.05) is 0 Å². The highest BCUT2D eigenvalue weighted by Gasteiger charge is 2.27. The van der Waals surface area contributed by atoms with Crippen molar-refractivity contribution in [3.05, 3.63) is 25.1 Å². The molecule has 1 aromatic rings. The molecule has 1 unspecified atom stereocenters. The van der Waals surface area contributed by atoms with Crippen LogP contribution in [0, 0.1) is 0 Å². The number of benzene rings is 1. The topological polar surface area (TPSA) is 35.5 Å². The molecular weight excluding hydrogens is 381 g/mol. The van der Waals surface area contributed by atoms with Crippen LogP contribution in [-0.2, 0) is 9.53 Å². The first-order valence-electron chi connectivity index (χ1n) is 5.86. The van der Waals surface area contributed by atoms with E-state index in [1.807, 2.05) is 0 Å². The number of rotatable bonds is 3. The van der Waals surface area contributed by atoms with Gasteiger partial charge in [0.1, 0.15) is 15.6 Å². The molecule has 0 spiro atoms. The fourth-order valence-electron chi connectivity index (χ4n) is 1.30. The van der Waals surface area contributed by atoms with Crippen molar-refractivity contribution >= 4 is 64.0 Å². The fourth-order valence-corrected chi connectivity index (χ4v) is 2.51. The Morgan fingerprint density at radius 2 is 1.29 bits per heavy atom. The Hall–Kier alpha value is -0.0600. The van der Waals surface area contributed by atoms with Crippen LogP contribution in [-0.4, -0.2) is 17.7 Å². The van der Waals surface area contributed by atoms with Crippen molar-refractivity contribution in [3.63, 3.8) is 0 Å². The molecule has 0 amide bonds. The van der Waals surface area contributed by atoms with E-state index in [0.29, 0.717) is 0 Å². The molecule has 0 aliphatic rings. The lowest BCUT2D eigenvalue weighted by molar-refractivity contribution is -0.162.